The van der Waals surface area contributed by atoms with Crippen molar-refractivity contribution >= 4 is 15.9 Å². The largest absolute Gasteiger partial charge is 0.335 e. The number of benzene rings is 2. The highest BCUT2D eigenvalue weighted by molar-refractivity contribution is 7.89. The zero-order valence-electron chi connectivity index (χ0n) is 18.2. The number of carbonyl (C=O) groups excluding carboxylic acids is 1. The molecule has 0 unspecified atom stereocenters. The molecule has 1 saturated heterocycles. The van der Waals surface area contributed by atoms with Gasteiger partial charge in [-0.25, -0.2) is 17.2 Å². The summed E-state index contributed by atoms with van der Waals surface area (Å²) in [6.45, 7) is 6.68. The van der Waals surface area contributed by atoms with Gasteiger partial charge in [0.25, 0.3) is 5.91 Å². The number of piperidine rings is 1. The molecule has 1 heterocycles. The van der Waals surface area contributed by atoms with Crippen molar-refractivity contribution in [2.45, 2.75) is 38.1 Å². The van der Waals surface area contributed by atoms with Crippen LogP contribution < -0.4 is 0 Å². The number of carbonyl (C=O) groups is 1. The van der Waals surface area contributed by atoms with Crippen LogP contribution in [-0.4, -0.2) is 43.7 Å². The highest BCUT2D eigenvalue weighted by Gasteiger charge is 2.32. The van der Waals surface area contributed by atoms with E-state index in [9.17, 15) is 22.0 Å². The third-order valence-corrected chi connectivity index (χ3v) is 7.71. The summed E-state index contributed by atoms with van der Waals surface area (Å²) < 4.78 is 54.7. The molecule has 1 fully saturated rings. The summed E-state index contributed by atoms with van der Waals surface area (Å²) in [6.07, 6.45) is 0.983. The SMILES string of the molecule is C[C@@H]1C[C@H](C)CN(S(=O)(=O)c2cccc(C(=O)N(C)[C@@H](C)c3ccc(F)c(F)c3)c2)C1. The molecule has 1 amide bonds. The Bertz CT molecular complexity index is 1060. The highest BCUT2D eigenvalue weighted by atomic mass is 32.2. The number of hydrogen-bond acceptors (Lipinski definition) is 3. The lowest BCUT2D eigenvalue weighted by Gasteiger charge is -2.34. The van der Waals surface area contributed by atoms with Crippen LogP contribution >= 0.6 is 0 Å². The van der Waals surface area contributed by atoms with Crippen LogP contribution in [0.1, 0.15) is 49.2 Å². The summed E-state index contributed by atoms with van der Waals surface area (Å²) in [6, 6.07) is 8.95. The summed E-state index contributed by atoms with van der Waals surface area (Å²) in [4.78, 5) is 14.5. The van der Waals surface area contributed by atoms with Crippen LogP contribution in [0.2, 0.25) is 0 Å². The second kappa shape index (κ2) is 9.04. The number of nitrogens with zero attached hydrogens (tertiary/aromatic N) is 2. The van der Waals surface area contributed by atoms with E-state index >= 15 is 0 Å². The van der Waals surface area contributed by atoms with Crippen LogP contribution in [0, 0.1) is 23.5 Å². The van der Waals surface area contributed by atoms with Crippen LogP contribution in [0.5, 0.6) is 0 Å². The minimum Gasteiger partial charge on any atom is -0.335 e. The lowest BCUT2D eigenvalue weighted by molar-refractivity contribution is 0.0742. The molecule has 0 bridgehead atoms. The number of sulfonamides is 1. The molecule has 31 heavy (non-hydrogen) atoms. The van der Waals surface area contributed by atoms with Crippen LogP contribution in [0.15, 0.2) is 47.4 Å². The maximum absolute atomic E-state index is 13.6. The minimum absolute atomic E-state index is 0.0773. The normalized spacial score (nSPS) is 21.0. The first-order valence-electron chi connectivity index (χ1n) is 10.3. The second-order valence-electron chi connectivity index (χ2n) is 8.56. The van der Waals surface area contributed by atoms with Crippen molar-refractivity contribution in [2.24, 2.45) is 11.8 Å². The number of halogens is 2. The summed E-state index contributed by atoms with van der Waals surface area (Å²) >= 11 is 0. The molecule has 0 radical (unpaired) electrons. The van der Waals surface area contributed by atoms with Crippen molar-refractivity contribution in [1.82, 2.24) is 9.21 Å². The van der Waals surface area contributed by atoms with E-state index in [0.717, 1.165) is 18.6 Å². The summed E-state index contributed by atoms with van der Waals surface area (Å²) in [5, 5.41) is 0. The molecule has 3 atom stereocenters. The molecule has 0 aliphatic carbocycles. The quantitative estimate of drug-likeness (QED) is 0.676. The highest BCUT2D eigenvalue weighted by Crippen LogP contribution is 2.28. The summed E-state index contributed by atoms with van der Waals surface area (Å²) in [5.41, 5.74) is 0.658. The van der Waals surface area contributed by atoms with Gasteiger partial charge in [-0.3, -0.25) is 4.79 Å². The maximum atomic E-state index is 13.6. The van der Waals surface area contributed by atoms with E-state index in [1.165, 1.54) is 27.4 Å². The first-order chi connectivity index (χ1) is 14.5. The van der Waals surface area contributed by atoms with Gasteiger partial charge in [0.05, 0.1) is 10.9 Å². The fraction of sp³-hybridized carbons (Fsp3) is 0.435. The summed E-state index contributed by atoms with van der Waals surface area (Å²) in [5.74, 6) is -1.81. The van der Waals surface area contributed by atoms with Crippen molar-refractivity contribution in [2.75, 3.05) is 20.1 Å². The van der Waals surface area contributed by atoms with Gasteiger partial charge in [-0.15, -0.1) is 0 Å². The fourth-order valence-corrected chi connectivity index (χ4v) is 5.84. The third-order valence-electron chi connectivity index (χ3n) is 5.88. The van der Waals surface area contributed by atoms with E-state index in [4.69, 9.17) is 0 Å². The van der Waals surface area contributed by atoms with Gasteiger partial charge in [-0.1, -0.05) is 26.0 Å². The molecule has 5 nitrogen and oxygen atoms in total. The number of hydrogen-bond donors (Lipinski definition) is 0. The molecule has 0 N–H and O–H groups in total. The molecular weight excluding hydrogens is 422 g/mol. The lowest BCUT2D eigenvalue weighted by Crippen LogP contribution is -2.42. The van der Waals surface area contributed by atoms with Crippen LogP contribution in [0.3, 0.4) is 0 Å². The van der Waals surface area contributed by atoms with Gasteiger partial charge in [-0.2, -0.15) is 4.31 Å². The predicted octanol–water partition coefficient (Wildman–Crippen LogP) is 4.46. The molecular formula is C23H28F2N2O3S. The Kier molecular flexibility index (Phi) is 6.81. The predicted molar refractivity (Wildman–Crippen MR) is 115 cm³/mol. The van der Waals surface area contributed by atoms with Crippen molar-refractivity contribution in [3.63, 3.8) is 0 Å². The molecule has 3 rings (SSSR count). The smallest absolute Gasteiger partial charge is 0.254 e. The number of rotatable bonds is 5. The first-order valence-corrected chi connectivity index (χ1v) is 11.8. The van der Waals surface area contributed by atoms with Crippen molar-refractivity contribution in [1.29, 1.82) is 0 Å². The third kappa shape index (κ3) is 4.96. The lowest BCUT2D eigenvalue weighted by atomic mass is 9.94. The van der Waals surface area contributed by atoms with Crippen molar-refractivity contribution in [3.8, 4) is 0 Å². The number of amides is 1. The van der Waals surface area contributed by atoms with Gasteiger partial charge in [0.1, 0.15) is 0 Å². The monoisotopic (exact) mass is 450 g/mol. The Hall–Kier alpha value is -2.32. The van der Waals surface area contributed by atoms with Crippen LogP contribution in [0.4, 0.5) is 8.78 Å². The van der Waals surface area contributed by atoms with Crippen LogP contribution in [-0.2, 0) is 10.0 Å². The van der Waals surface area contributed by atoms with E-state index in [-0.39, 0.29) is 22.3 Å². The van der Waals surface area contributed by atoms with Gasteiger partial charge in [0.2, 0.25) is 10.0 Å². The van der Waals surface area contributed by atoms with Gasteiger partial charge < -0.3 is 4.90 Å². The van der Waals surface area contributed by atoms with Crippen molar-refractivity contribution in [3.05, 3.63) is 65.2 Å². The average Bonchev–Trinajstić information content (AvgIpc) is 2.73. The molecule has 2 aromatic carbocycles. The Morgan fingerprint density at radius 3 is 2.32 bits per heavy atom. The Morgan fingerprint density at radius 1 is 1.06 bits per heavy atom. The molecule has 8 heteroatoms. The topological polar surface area (TPSA) is 57.7 Å². The average molecular weight is 451 g/mol. The Labute approximate surface area is 182 Å². The molecule has 0 saturated carbocycles. The molecule has 1 aliphatic rings. The standard InChI is InChI=1S/C23H28F2N2O3S/c1-15-10-16(2)14-27(13-15)31(29,30)20-7-5-6-19(11-20)23(28)26(4)17(3)18-8-9-21(24)22(25)12-18/h5-9,11-12,15-17H,10,13-14H2,1-4H3/t15-,16+,17-/m0/s1. The van der Waals surface area contributed by atoms with E-state index in [0.29, 0.717) is 18.7 Å². The van der Waals surface area contributed by atoms with E-state index < -0.39 is 33.6 Å². The zero-order valence-corrected chi connectivity index (χ0v) is 19.0. The Balaban J connectivity index is 1.84. The Morgan fingerprint density at radius 2 is 1.71 bits per heavy atom. The summed E-state index contributed by atoms with van der Waals surface area (Å²) in [7, 11) is -2.18. The molecule has 0 aromatic heterocycles. The molecule has 1 aliphatic heterocycles. The molecule has 2 aromatic rings. The first kappa shape index (κ1) is 23.3. The molecule has 168 valence electrons. The van der Waals surface area contributed by atoms with Gasteiger partial charge in [0, 0.05) is 25.7 Å². The van der Waals surface area contributed by atoms with E-state index in [2.05, 4.69) is 0 Å². The zero-order chi connectivity index (χ0) is 22.9. The molecule has 0 spiro atoms. The van der Waals surface area contributed by atoms with E-state index in [1.807, 2.05) is 13.8 Å². The fourth-order valence-electron chi connectivity index (χ4n) is 4.12. The van der Waals surface area contributed by atoms with Gasteiger partial charge >= 0.3 is 0 Å². The van der Waals surface area contributed by atoms with Gasteiger partial charge in [0.15, 0.2) is 11.6 Å². The second-order valence-corrected chi connectivity index (χ2v) is 10.5. The minimum atomic E-state index is -3.72. The maximum Gasteiger partial charge on any atom is 0.254 e. The van der Waals surface area contributed by atoms with Crippen molar-refractivity contribution < 1.29 is 22.0 Å². The van der Waals surface area contributed by atoms with Gasteiger partial charge in [-0.05, 0) is 61.1 Å². The van der Waals surface area contributed by atoms with E-state index in [1.54, 1.807) is 26.1 Å². The van der Waals surface area contributed by atoms with Crippen LogP contribution in [0.25, 0.3) is 0 Å².